The van der Waals surface area contributed by atoms with E-state index in [2.05, 4.69) is 26.2 Å². The number of likely N-dealkylation sites (N-methyl/N-ethyl adjacent to an activating group) is 1. The van der Waals surface area contributed by atoms with E-state index in [0.717, 1.165) is 10.0 Å². The minimum atomic E-state index is -0.555. The number of hydrogen-bond acceptors (Lipinski definition) is 4. The molecule has 0 unspecified atom stereocenters. The van der Waals surface area contributed by atoms with E-state index in [1.54, 1.807) is 6.07 Å². The van der Waals surface area contributed by atoms with E-state index in [1.807, 2.05) is 48.5 Å². The molecule has 0 fully saturated rings. The van der Waals surface area contributed by atoms with E-state index in [-0.39, 0.29) is 12.5 Å². The standard InChI is InChI=1S/C19H15BrN2O3/c1-21-18(23)11-25-19(24)15-10-17(12-6-8-13(20)9-7-12)22-16-5-3-2-4-14(15)16/h2-10H,11H2,1H3,(H,21,23). The highest BCUT2D eigenvalue weighted by atomic mass is 79.9. The Morgan fingerprint density at radius 2 is 1.84 bits per heavy atom. The van der Waals surface area contributed by atoms with Gasteiger partial charge in [-0.15, -0.1) is 0 Å². The summed E-state index contributed by atoms with van der Waals surface area (Å²) in [6.07, 6.45) is 0. The molecule has 0 atom stereocenters. The van der Waals surface area contributed by atoms with Crippen LogP contribution in [0.1, 0.15) is 10.4 Å². The zero-order chi connectivity index (χ0) is 17.8. The van der Waals surface area contributed by atoms with Gasteiger partial charge in [0.2, 0.25) is 0 Å². The normalized spacial score (nSPS) is 10.5. The molecule has 0 aliphatic heterocycles. The number of nitrogens with one attached hydrogen (secondary N) is 1. The van der Waals surface area contributed by atoms with Gasteiger partial charge in [-0.2, -0.15) is 0 Å². The molecule has 0 saturated carbocycles. The summed E-state index contributed by atoms with van der Waals surface area (Å²) in [5.41, 5.74) is 2.62. The summed E-state index contributed by atoms with van der Waals surface area (Å²) in [5.74, 6) is -0.916. The zero-order valence-corrected chi connectivity index (χ0v) is 15.0. The quantitative estimate of drug-likeness (QED) is 0.682. The van der Waals surface area contributed by atoms with Crippen LogP contribution in [0, 0.1) is 0 Å². The van der Waals surface area contributed by atoms with Crippen molar-refractivity contribution in [3.63, 3.8) is 0 Å². The topological polar surface area (TPSA) is 68.3 Å². The van der Waals surface area contributed by atoms with Gasteiger partial charge in [-0.3, -0.25) is 4.79 Å². The number of aromatic nitrogens is 1. The smallest absolute Gasteiger partial charge is 0.339 e. The third-order valence-corrected chi connectivity index (χ3v) is 4.22. The molecule has 1 aromatic heterocycles. The predicted molar refractivity (Wildman–Crippen MR) is 99.2 cm³/mol. The minimum absolute atomic E-state index is 0.320. The molecule has 2 aromatic carbocycles. The van der Waals surface area contributed by atoms with Crippen molar-refractivity contribution in [3.8, 4) is 11.3 Å². The van der Waals surface area contributed by atoms with Gasteiger partial charge in [0.05, 0.1) is 16.8 Å². The van der Waals surface area contributed by atoms with Crippen LogP contribution in [0.2, 0.25) is 0 Å². The maximum absolute atomic E-state index is 12.5. The van der Waals surface area contributed by atoms with Crippen molar-refractivity contribution < 1.29 is 14.3 Å². The average Bonchev–Trinajstić information content (AvgIpc) is 2.65. The van der Waals surface area contributed by atoms with Gasteiger partial charge in [0.25, 0.3) is 5.91 Å². The van der Waals surface area contributed by atoms with Crippen LogP contribution in [-0.2, 0) is 9.53 Å². The molecule has 3 aromatic rings. The van der Waals surface area contributed by atoms with Crippen molar-refractivity contribution in [3.05, 3.63) is 64.6 Å². The molecule has 0 aliphatic carbocycles. The number of amides is 1. The summed E-state index contributed by atoms with van der Waals surface area (Å²) in [7, 11) is 1.49. The van der Waals surface area contributed by atoms with Gasteiger partial charge in [0.15, 0.2) is 6.61 Å². The first-order valence-electron chi connectivity index (χ1n) is 7.62. The molecule has 1 N–H and O–H groups in total. The number of fused-ring (bicyclic) bond motifs is 1. The first kappa shape index (κ1) is 17.1. The monoisotopic (exact) mass is 398 g/mol. The number of esters is 1. The van der Waals surface area contributed by atoms with Gasteiger partial charge >= 0.3 is 5.97 Å². The number of rotatable bonds is 4. The van der Waals surface area contributed by atoms with Crippen molar-refractivity contribution in [1.82, 2.24) is 10.3 Å². The Hall–Kier alpha value is -2.73. The van der Waals surface area contributed by atoms with Crippen LogP contribution in [0.25, 0.3) is 22.2 Å². The Morgan fingerprint density at radius 1 is 1.12 bits per heavy atom. The highest BCUT2D eigenvalue weighted by Gasteiger charge is 2.16. The third-order valence-electron chi connectivity index (χ3n) is 3.69. The maximum Gasteiger partial charge on any atom is 0.339 e. The number of hydrogen-bond donors (Lipinski definition) is 1. The number of ether oxygens (including phenoxy) is 1. The predicted octanol–water partition coefficient (Wildman–Crippen LogP) is 3.57. The van der Waals surface area contributed by atoms with Crippen molar-refractivity contribution in [2.75, 3.05) is 13.7 Å². The molecule has 0 bridgehead atoms. The number of carbonyl (C=O) groups is 2. The summed E-state index contributed by atoms with van der Waals surface area (Å²) in [6, 6.07) is 16.7. The first-order valence-corrected chi connectivity index (χ1v) is 8.41. The first-order chi connectivity index (χ1) is 12.1. The van der Waals surface area contributed by atoms with E-state index in [9.17, 15) is 9.59 Å². The number of para-hydroxylation sites is 1. The number of pyridine rings is 1. The Labute approximate surface area is 153 Å². The number of benzene rings is 2. The highest BCUT2D eigenvalue weighted by Crippen LogP contribution is 2.26. The highest BCUT2D eigenvalue weighted by molar-refractivity contribution is 9.10. The number of carbonyl (C=O) groups excluding carboxylic acids is 2. The van der Waals surface area contributed by atoms with Gasteiger partial charge in [0.1, 0.15) is 0 Å². The molecular formula is C19H15BrN2O3. The zero-order valence-electron chi connectivity index (χ0n) is 13.5. The fraction of sp³-hybridized carbons (Fsp3) is 0.105. The van der Waals surface area contributed by atoms with E-state index >= 15 is 0 Å². The Morgan fingerprint density at radius 3 is 2.56 bits per heavy atom. The summed E-state index contributed by atoms with van der Waals surface area (Å²) in [6.45, 7) is -0.320. The molecule has 0 aliphatic rings. The van der Waals surface area contributed by atoms with Gasteiger partial charge in [-0.1, -0.05) is 46.3 Å². The average molecular weight is 399 g/mol. The van der Waals surface area contributed by atoms with Gasteiger partial charge in [-0.25, -0.2) is 9.78 Å². The molecule has 3 rings (SSSR count). The van der Waals surface area contributed by atoms with E-state index in [0.29, 0.717) is 22.2 Å². The molecule has 0 radical (unpaired) electrons. The molecular weight excluding hydrogens is 384 g/mol. The number of nitrogens with zero attached hydrogens (tertiary/aromatic N) is 1. The Kier molecular flexibility index (Phi) is 5.09. The number of halogens is 1. The summed E-state index contributed by atoms with van der Waals surface area (Å²) >= 11 is 3.40. The Bertz CT molecular complexity index is 939. The molecule has 5 nitrogen and oxygen atoms in total. The van der Waals surface area contributed by atoms with Crippen LogP contribution in [-0.4, -0.2) is 30.5 Å². The second-order valence-electron chi connectivity index (χ2n) is 5.33. The largest absolute Gasteiger partial charge is 0.452 e. The lowest BCUT2D eigenvalue weighted by Gasteiger charge is -2.10. The van der Waals surface area contributed by atoms with E-state index in [4.69, 9.17) is 4.74 Å². The van der Waals surface area contributed by atoms with Crippen LogP contribution < -0.4 is 5.32 Å². The molecule has 6 heteroatoms. The molecule has 0 spiro atoms. The molecule has 0 saturated heterocycles. The van der Waals surface area contributed by atoms with Gasteiger partial charge < -0.3 is 10.1 Å². The van der Waals surface area contributed by atoms with E-state index < -0.39 is 5.97 Å². The molecule has 25 heavy (non-hydrogen) atoms. The lowest BCUT2D eigenvalue weighted by molar-refractivity contribution is -0.123. The summed E-state index contributed by atoms with van der Waals surface area (Å²) < 4.78 is 6.07. The molecule has 1 heterocycles. The van der Waals surface area contributed by atoms with Crippen molar-refractivity contribution in [2.45, 2.75) is 0 Å². The second kappa shape index (κ2) is 7.44. The Balaban J connectivity index is 2.05. The van der Waals surface area contributed by atoms with Gasteiger partial charge in [-0.05, 0) is 24.3 Å². The van der Waals surface area contributed by atoms with Crippen LogP contribution >= 0.6 is 15.9 Å². The molecule has 126 valence electrons. The van der Waals surface area contributed by atoms with Crippen molar-refractivity contribution in [2.24, 2.45) is 0 Å². The maximum atomic E-state index is 12.5. The van der Waals surface area contributed by atoms with Crippen molar-refractivity contribution in [1.29, 1.82) is 0 Å². The fourth-order valence-electron chi connectivity index (χ4n) is 2.39. The van der Waals surface area contributed by atoms with Crippen LogP contribution in [0.15, 0.2) is 59.1 Å². The van der Waals surface area contributed by atoms with Crippen LogP contribution in [0.4, 0.5) is 0 Å². The molecule has 1 amide bonds. The van der Waals surface area contributed by atoms with Crippen molar-refractivity contribution >= 4 is 38.7 Å². The SMILES string of the molecule is CNC(=O)COC(=O)c1cc(-c2ccc(Br)cc2)nc2ccccc12. The fourth-order valence-corrected chi connectivity index (χ4v) is 2.66. The summed E-state index contributed by atoms with van der Waals surface area (Å²) in [4.78, 5) is 28.4. The van der Waals surface area contributed by atoms with Crippen LogP contribution in [0.3, 0.4) is 0 Å². The lowest BCUT2D eigenvalue weighted by atomic mass is 10.0. The third kappa shape index (κ3) is 3.85. The van der Waals surface area contributed by atoms with Crippen LogP contribution in [0.5, 0.6) is 0 Å². The van der Waals surface area contributed by atoms with Gasteiger partial charge in [0, 0.05) is 22.5 Å². The minimum Gasteiger partial charge on any atom is -0.452 e. The lowest BCUT2D eigenvalue weighted by Crippen LogP contribution is -2.25. The second-order valence-corrected chi connectivity index (χ2v) is 6.24. The summed E-state index contributed by atoms with van der Waals surface area (Å²) in [5, 5.41) is 3.10. The van der Waals surface area contributed by atoms with E-state index in [1.165, 1.54) is 7.05 Å².